The van der Waals surface area contributed by atoms with Gasteiger partial charge in [-0.25, -0.2) is 0 Å². The molecular formula is C22H26. The molecule has 0 amide bonds. The molecule has 0 bridgehead atoms. The number of aryl methyl sites for hydroxylation is 3. The molecule has 0 fully saturated rings. The van der Waals surface area contributed by atoms with Crippen LogP contribution in [0.15, 0.2) is 91.0 Å². The summed E-state index contributed by atoms with van der Waals surface area (Å²) in [6.07, 6.45) is 1.14. The monoisotopic (exact) mass is 290 g/mol. The van der Waals surface area contributed by atoms with Crippen LogP contribution in [0.3, 0.4) is 0 Å². The quantitative estimate of drug-likeness (QED) is 0.497. The van der Waals surface area contributed by atoms with Crippen LogP contribution < -0.4 is 0 Å². The van der Waals surface area contributed by atoms with Crippen molar-refractivity contribution >= 4 is 0 Å². The molecule has 0 aliphatic rings. The van der Waals surface area contributed by atoms with Gasteiger partial charge in [0.15, 0.2) is 0 Å². The van der Waals surface area contributed by atoms with Crippen molar-refractivity contribution in [3.05, 3.63) is 108 Å². The summed E-state index contributed by atoms with van der Waals surface area (Å²) in [5, 5.41) is 0. The molecule has 0 heteroatoms. The Bertz CT molecular complexity index is 545. The SMILES string of the molecule is CCc1ccccc1.Cc1ccccc1.Cc1ccccc1. The van der Waals surface area contributed by atoms with Gasteiger partial charge in [0.2, 0.25) is 0 Å². The van der Waals surface area contributed by atoms with E-state index in [1.807, 2.05) is 42.5 Å². The first-order valence-corrected chi connectivity index (χ1v) is 7.79. The minimum atomic E-state index is 1.14. The topological polar surface area (TPSA) is 0 Å². The molecule has 0 aliphatic carbocycles. The number of benzene rings is 3. The number of hydrogen-bond acceptors (Lipinski definition) is 0. The van der Waals surface area contributed by atoms with Crippen LogP contribution in [0.5, 0.6) is 0 Å². The highest BCUT2D eigenvalue weighted by atomic mass is 13.9. The summed E-state index contributed by atoms with van der Waals surface area (Å²) in [5.74, 6) is 0. The summed E-state index contributed by atoms with van der Waals surface area (Å²) in [4.78, 5) is 0. The summed E-state index contributed by atoms with van der Waals surface area (Å²) in [6.45, 7) is 6.33. The fourth-order valence-electron chi connectivity index (χ4n) is 1.78. The van der Waals surface area contributed by atoms with Crippen molar-refractivity contribution in [1.82, 2.24) is 0 Å². The molecule has 0 aromatic heterocycles. The van der Waals surface area contributed by atoms with Crippen molar-refractivity contribution in [1.29, 1.82) is 0 Å². The zero-order chi connectivity index (χ0) is 16.0. The first-order valence-electron chi connectivity index (χ1n) is 7.79. The Labute approximate surface area is 135 Å². The molecule has 22 heavy (non-hydrogen) atoms. The van der Waals surface area contributed by atoms with Crippen molar-refractivity contribution in [2.24, 2.45) is 0 Å². The molecular weight excluding hydrogens is 264 g/mol. The Morgan fingerprint density at radius 3 is 1.00 bits per heavy atom. The molecule has 3 aromatic rings. The highest BCUT2D eigenvalue weighted by molar-refractivity contribution is 5.14. The molecule has 0 aliphatic heterocycles. The Kier molecular flexibility index (Phi) is 9.12. The van der Waals surface area contributed by atoms with E-state index in [1.54, 1.807) is 0 Å². The third kappa shape index (κ3) is 8.76. The Balaban J connectivity index is 0.000000166. The maximum absolute atomic E-state index is 2.16. The van der Waals surface area contributed by atoms with Gasteiger partial charge in [0.1, 0.15) is 0 Å². The fourth-order valence-corrected chi connectivity index (χ4v) is 1.78. The van der Waals surface area contributed by atoms with Gasteiger partial charge in [0.05, 0.1) is 0 Å². The van der Waals surface area contributed by atoms with Crippen LogP contribution in [0, 0.1) is 13.8 Å². The van der Waals surface area contributed by atoms with Crippen LogP contribution in [-0.2, 0) is 6.42 Å². The normalized spacial score (nSPS) is 8.86. The number of hydrogen-bond donors (Lipinski definition) is 0. The lowest BCUT2D eigenvalue weighted by atomic mass is 10.2. The molecule has 0 nitrogen and oxygen atoms in total. The molecule has 0 N–H and O–H groups in total. The summed E-state index contributed by atoms with van der Waals surface area (Å²) in [7, 11) is 0. The second-order valence-corrected chi connectivity index (χ2v) is 5.15. The average molecular weight is 290 g/mol. The minimum Gasteiger partial charge on any atom is -0.0622 e. The van der Waals surface area contributed by atoms with E-state index in [9.17, 15) is 0 Å². The predicted octanol–water partition coefficient (Wildman–Crippen LogP) is 6.24. The lowest BCUT2D eigenvalue weighted by Crippen LogP contribution is -1.73. The van der Waals surface area contributed by atoms with Crippen LogP contribution in [0.25, 0.3) is 0 Å². The smallest absolute Gasteiger partial charge is 0.0307 e. The van der Waals surface area contributed by atoms with Crippen LogP contribution in [0.1, 0.15) is 23.6 Å². The summed E-state index contributed by atoms with van der Waals surface area (Å²) in [6, 6.07) is 31.0. The van der Waals surface area contributed by atoms with E-state index in [0.29, 0.717) is 0 Å². The van der Waals surface area contributed by atoms with Crippen LogP contribution in [0.2, 0.25) is 0 Å². The fraction of sp³-hybridized carbons (Fsp3) is 0.182. The molecule has 0 atom stereocenters. The van der Waals surface area contributed by atoms with Crippen molar-refractivity contribution in [2.45, 2.75) is 27.2 Å². The lowest BCUT2D eigenvalue weighted by molar-refractivity contribution is 1.14. The maximum Gasteiger partial charge on any atom is -0.0307 e. The second-order valence-electron chi connectivity index (χ2n) is 5.15. The molecule has 3 rings (SSSR count). The zero-order valence-electron chi connectivity index (χ0n) is 13.9. The lowest BCUT2D eigenvalue weighted by Gasteiger charge is -1.89. The van der Waals surface area contributed by atoms with Crippen LogP contribution in [-0.4, -0.2) is 0 Å². The number of rotatable bonds is 1. The Morgan fingerprint density at radius 2 is 0.818 bits per heavy atom. The minimum absolute atomic E-state index is 1.14. The molecule has 0 radical (unpaired) electrons. The highest BCUT2D eigenvalue weighted by Crippen LogP contribution is 1.97. The van der Waals surface area contributed by atoms with Gasteiger partial charge in [-0.05, 0) is 25.8 Å². The summed E-state index contributed by atoms with van der Waals surface area (Å²) in [5.41, 5.74) is 4.05. The molecule has 0 saturated heterocycles. The van der Waals surface area contributed by atoms with Gasteiger partial charge in [0.25, 0.3) is 0 Å². The molecule has 3 aromatic carbocycles. The third-order valence-electron chi connectivity index (χ3n) is 3.13. The summed E-state index contributed by atoms with van der Waals surface area (Å²) < 4.78 is 0. The first kappa shape index (κ1) is 17.7. The Morgan fingerprint density at radius 1 is 0.500 bits per heavy atom. The first-order chi connectivity index (χ1) is 10.7. The second kappa shape index (κ2) is 11.3. The van der Waals surface area contributed by atoms with E-state index in [2.05, 4.69) is 69.3 Å². The molecule has 0 unspecified atom stereocenters. The molecule has 0 saturated carbocycles. The van der Waals surface area contributed by atoms with Crippen molar-refractivity contribution < 1.29 is 0 Å². The molecule has 0 spiro atoms. The highest BCUT2D eigenvalue weighted by Gasteiger charge is 1.80. The van der Waals surface area contributed by atoms with E-state index < -0.39 is 0 Å². The van der Waals surface area contributed by atoms with Gasteiger partial charge in [-0.3, -0.25) is 0 Å². The van der Waals surface area contributed by atoms with Gasteiger partial charge in [-0.15, -0.1) is 0 Å². The van der Waals surface area contributed by atoms with Gasteiger partial charge < -0.3 is 0 Å². The maximum atomic E-state index is 2.16. The van der Waals surface area contributed by atoms with Crippen molar-refractivity contribution in [2.75, 3.05) is 0 Å². The van der Waals surface area contributed by atoms with E-state index in [0.717, 1.165) is 6.42 Å². The van der Waals surface area contributed by atoms with Gasteiger partial charge in [0, 0.05) is 0 Å². The Hall–Kier alpha value is -2.34. The third-order valence-corrected chi connectivity index (χ3v) is 3.13. The molecule has 114 valence electrons. The average Bonchev–Trinajstić information content (AvgIpc) is 2.58. The van der Waals surface area contributed by atoms with Gasteiger partial charge in [-0.1, -0.05) is 109 Å². The van der Waals surface area contributed by atoms with Gasteiger partial charge >= 0.3 is 0 Å². The van der Waals surface area contributed by atoms with E-state index in [1.165, 1.54) is 16.7 Å². The molecule has 0 heterocycles. The standard InChI is InChI=1S/C8H10.2C7H8/c1-2-8-6-4-3-5-7-8;2*1-7-5-3-2-4-6-7/h3-7H,2H2,1H3;2*2-6H,1H3. The van der Waals surface area contributed by atoms with E-state index in [-0.39, 0.29) is 0 Å². The van der Waals surface area contributed by atoms with E-state index >= 15 is 0 Å². The largest absolute Gasteiger partial charge is 0.0622 e. The van der Waals surface area contributed by atoms with Crippen LogP contribution >= 0.6 is 0 Å². The van der Waals surface area contributed by atoms with Crippen molar-refractivity contribution in [3.63, 3.8) is 0 Å². The van der Waals surface area contributed by atoms with Crippen molar-refractivity contribution in [3.8, 4) is 0 Å². The van der Waals surface area contributed by atoms with Crippen LogP contribution in [0.4, 0.5) is 0 Å². The zero-order valence-corrected chi connectivity index (χ0v) is 13.9. The predicted molar refractivity (Wildman–Crippen MR) is 98.2 cm³/mol. The van der Waals surface area contributed by atoms with Gasteiger partial charge in [-0.2, -0.15) is 0 Å². The van der Waals surface area contributed by atoms with E-state index in [4.69, 9.17) is 0 Å². The summed E-state index contributed by atoms with van der Waals surface area (Å²) >= 11 is 0.